The maximum Gasteiger partial charge on any atom is 0.257 e. The van der Waals surface area contributed by atoms with Gasteiger partial charge in [-0.2, -0.15) is 5.10 Å². The van der Waals surface area contributed by atoms with E-state index < -0.39 is 0 Å². The Morgan fingerprint density at radius 3 is 2.70 bits per heavy atom. The summed E-state index contributed by atoms with van der Waals surface area (Å²) in [7, 11) is 1.83. The number of aryl methyl sites for hydroxylation is 2. The normalized spacial score (nSPS) is 13.1. The summed E-state index contributed by atoms with van der Waals surface area (Å²) in [5.41, 5.74) is 1.49. The number of rotatable bonds is 2. The second kappa shape index (κ2) is 4.88. The second-order valence-electron chi connectivity index (χ2n) is 4.61. The second-order valence-corrected chi connectivity index (χ2v) is 4.61. The zero-order valence-corrected chi connectivity index (χ0v) is 11.3. The number of hydrogen-bond donors (Lipinski definition) is 1. The minimum atomic E-state index is -0.222. The molecule has 0 bridgehead atoms. The lowest BCUT2D eigenvalue weighted by atomic mass is 10.2. The van der Waals surface area contributed by atoms with E-state index in [1.54, 1.807) is 22.9 Å². The van der Waals surface area contributed by atoms with Crippen molar-refractivity contribution in [2.45, 2.75) is 6.92 Å². The Morgan fingerprint density at radius 2 is 2.00 bits per heavy atom. The average molecular weight is 273 g/mol. The third kappa shape index (κ3) is 2.32. The molecule has 6 heteroatoms. The van der Waals surface area contributed by atoms with Gasteiger partial charge in [-0.05, 0) is 25.1 Å². The van der Waals surface area contributed by atoms with Crippen LogP contribution < -0.4 is 14.8 Å². The predicted octanol–water partition coefficient (Wildman–Crippen LogP) is 1.75. The minimum absolute atomic E-state index is 0.222. The van der Waals surface area contributed by atoms with Gasteiger partial charge in [-0.15, -0.1) is 0 Å². The Balaban J connectivity index is 1.80. The number of fused-ring (bicyclic) bond motifs is 1. The van der Waals surface area contributed by atoms with Crippen LogP contribution in [0.5, 0.6) is 11.5 Å². The van der Waals surface area contributed by atoms with Gasteiger partial charge in [-0.3, -0.25) is 9.48 Å². The van der Waals surface area contributed by atoms with E-state index in [4.69, 9.17) is 9.47 Å². The molecular formula is C14H15N3O3. The molecule has 1 aromatic heterocycles. The van der Waals surface area contributed by atoms with Gasteiger partial charge in [0.25, 0.3) is 5.91 Å². The number of benzene rings is 1. The Labute approximate surface area is 116 Å². The van der Waals surface area contributed by atoms with E-state index in [1.807, 2.05) is 20.0 Å². The van der Waals surface area contributed by atoms with Crippen LogP contribution in [0, 0.1) is 6.92 Å². The van der Waals surface area contributed by atoms with E-state index in [-0.39, 0.29) is 5.91 Å². The van der Waals surface area contributed by atoms with Gasteiger partial charge < -0.3 is 14.8 Å². The van der Waals surface area contributed by atoms with E-state index in [9.17, 15) is 4.79 Å². The third-order valence-corrected chi connectivity index (χ3v) is 3.16. The van der Waals surface area contributed by atoms with Crippen molar-refractivity contribution in [3.8, 4) is 11.5 Å². The van der Waals surface area contributed by atoms with Crippen LogP contribution in [-0.2, 0) is 7.05 Å². The van der Waals surface area contributed by atoms with Gasteiger partial charge >= 0.3 is 0 Å². The number of carbonyl (C=O) groups is 1. The highest BCUT2D eigenvalue weighted by Crippen LogP contribution is 2.30. The summed E-state index contributed by atoms with van der Waals surface area (Å²) in [4.78, 5) is 12.2. The first kappa shape index (κ1) is 12.5. The van der Waals surface area contributed by atoms with Crippen LogP contribution in [0.1, 0.15) is 16.1 Å². The van der Waals surface area contributed by atoms with Gasteiger partial charge in [-0.25, -0.2) is 0 Å². The SMILES string of the molecule is Cc1cc(NC(=O)c2ccc3c(c2)OCCO3)nn1C. The fourth-order valence-electron chi connectivity index (χ4n) is 1.99. The standard InChI is InChI=1S/C14H15N3O3/c1-9-7-13(16-17(9)2)15-14(18)10-3-4-11-12(8-10)20-6-5-19-11/h3-4,7-8H,5-6H2,1-2H3,(H,15,16,18). The lowest BCUT2D eigenvalue weighted by Crippen LogP contribution is -2.17. The summed E-state index contributed by atoms with van der Waals surface area (Å²) < 4.78 is 12.6. The number of anilines is 1. The van der Waals surface area contributed by atoms with Crippen LogP contribution in [0.4, 0.5) is 5.82 Å². The van der Waals surface area contributed by atoms with Gasteiger partial charge in [0.1, 0.15) is 13.2 Å². The topological polar surface area (TPSA) is 65.4 Å². The summed E-state index contributed by atoms with van der Waals surface area (Å²) in [6.07, 6.45) is 0. The number of hydrogen-bond acceptors (Lipinski definition) is 4. The van der Waals surface area contributed by atoms with E-state index in [0.29, 0.717) is 36.1 Å². The zero-order chi connectivity index (χ0) is 14.1. The van der Waals surface area contributed by atoms with Crippen molar-refractivity contribution in [3.63, 3.8) is 0 Å². The molecule has 20 heavy (non-hydrogen) atoms. The summed E-state index contributed by atoms with van der Waals surface area (Å²) >= 11 is 0. The Bertz CT molecular complexity index is 644. The molecule has 2 heterocycles. The van der Waals surface area contributed by atoms with Gasteiger partial charge in [0, 0.05) is 24.4 Å². The van der Waals surface area contributed by atoms with Gasteiger partial charge in [0.05, 0.1) is 0 Å². The fourth-order valence-corrected chi connectivity index (χ4v) is 1.99. The Hall–Kier alpha value is -2.50. The highest BCUT2D eigenvalue weighted by molar-refractivity contribution is 6.04. The molecule has 0 saturated heterocycles. The largest absolute Gasteiger partial charge is 0.486 e. The van der Waals surface area contributed by atoms with Crippen molar-refractivity contribution < 1.29 is 14.3 Å². The van der Waals surface area contributed by atoms with Crippen molar-refractivity contribution in [1.82, 2.24) is 9.78 Å². The molecule has 0 unspecified atom stereocenters. The molecule has 0 aliphatic carbocycles. The molecule has 0 atom stereocenters. The first-order chi connectivity index (χ1) is 9.63. The first-order valence-corrected chi connectivity index (χ1v) is 6.35. The first-order valence-electron chi connectivity index (χ1n) is 6.35. The molecule has 1 N–H and O–H groups in total. The zero-order valence-electron chi connectivity index (χ0n) is 11.3. The Morgan fingerprint density at radius 1 is 1.25 bits per heavy atom. The molecule has 3 rings (SSSR count). The predicted molar refractivity (Wildman–Crippen MR) is 73.3 cm³/mol. The van der Waals surface area contributed by atoms with Gasteiger partial charge in [0.15, 0.2) is 17.3 Å². The number of nitrogens with zero attached hydrogens (tertiary/aromatic N) is 2. The molecular weight excluding hydrogens is 258 g/mol. The van der Waals surface area contributed by atoms with E-state index in [0.717, 1.165) is 5.69 Å². The van der Waals surface area contributed by atoms with Crippen molar-refractivity contribution in [3.05, 3.63) is 35.5 Å². The summed E-state index contributed by atoms with van der Waals surface area (Å²) in [5.74, 6) is 1.58. The number of aromatic nitrogens is 2. The number of amides is 1. The molecule has 2 aromatic rings. The molecule has 0 fully saturated rings. The third-order valence-electron chi connectivity index (χ3n) is 3.16. The molecule has 0 radical (unpaired) electrons. The monoisotopic (exact) mass is 273 g/mol. The number of carbonyl (C=O) groups excluding carboxylic acids is 1. The van der Waals surface area contributed by atoms with Crippen LogP contribution >= 0.6 is 0 Å². The lowest BCUT2D eigenvalue weighted by Gasteiger charge is -2.18. The van der Waals surface area contributed by atoms with Crippen molar-refractivity contribution in [1.29, 1.82) is 0 Å². The molecule has 1 aliphatic rings. The summed E-state index contributed by atoms with van der Waals surface area (Å²) in [6.45, 7) is 2.95. The van der Waals surface area contributed by atoms with E-state index >= 15 is 0 Å². The van der Waals surface area contributed by atoms with Gasteiger partial charge in [0.2, 0.25) is 0 Å². The fraction of sp³-hybridized carbons (Fsp3) is 0.286. The van der Waals surface area contributed by atoms with Gasteiger partial charge in [-0.1, -0.05) is 0 Å². The highest BCUT2D eigenvalue weighted by atomic mass is 16.6. The summed E-state index contributed by atoms with van der Waals surface area (Å²) in [5, 5.41) is 6.95. The average Bonchev–Trinajstić information content (AvgIpc) is 2.76. The molecule has 0 saturated carbocycles. The molecule has 1 amide bonds. The number of ether oxygens (including phenoxy) is 2. The van der Waals surface area contributed by atoms with Crippen molar-refractivity contribution in [2.24, 2.45) is 7.05 Å². The van der Waals surface area contributed by atoms with Crippen molar-refractivity contribution >= 4 is 11.7 Å². The van der Waals surface area contributed by atoms with Crippen LogP contribution in [-0.4, -0.2) is 28.9 Å². The number of nitrogens with one attached hydrogen (secondary N) is 1. The molecule has 104 valence electrons. The van der Waals surface area contributed by atoms with Crippen LogP contribution in [0.3, 0.4) is 0 Å². The van der Waals surface area contributed by atoms with Crippen LogP contribution in [0.15, 0.2) is 24.3 Å². The Kier molecular flexibility index (Phi) is 3.06. The lowest BCUT2D eigenvalue weighted by molar-refractivity contribution is 0.102. The smallest absolute Gasteiger partial charge is 0.257 e. The quantitative estimate of drug-likeness (QED) is 0.905. The van der Waals surface area contributed by atoms with Crippen LogP contribution in [0.2, 0.25) is 0 Å². The van der Waals surface area contributed by atoms with E-state index in [2.05, 4.69) is 10.4 Å². The molecule has 1 aliphatic heterocycles. The van der Waals surface area contributed by atoms with Crippen molar-refractivity contribution in [2.75, 3.05) is 18.5 Å². The molecule has 0 spiro atoms. The highest BCUT2D eigenvalue weighted by Gasteiger charge is 2.15. The molecule has 1 aromatic carbocycles. The maximum absolute atomic E-state index is 12.2. The summed E-state index contributed by atoms with van der Waals surface area (Å²) in [6, 6.07) is 6.95. The van der Waals surface area contributed by atoms with Crippen LogP contribution in [0.25, 0.3) is 0 Å². The minimum Gasteiger partial charge on any atom is -0.486 e. The van der Waals surface area contributed by atoms with E-state index in [1.165, 1.54) is 0 Å². The molecule has 6 nitrogen and oxygen atoms in total. The maximum atomic E-state index is 12.2.